The molecule has 0 spiro atoms. The highest BCUT2D eigenvalue weighted by molar-refractivity contribution is 5.48. The average molecular weight is 220 g/mol. The normalized spacial score (nSPS) is 19.4. The van der Waals surface area contributed by atoms with Crippen molar-refractivity contribution in [1.29, 1.82) is 0 Å². The molecule has 1 aliphatic rings. The van der Waals surface area contributed by atoms with E-state index in [1.165, 1.54) is 0 Å². The van der Waals surface area contributed by atoms with Crippen molar-refractivity contribution in [2.45, 2.75) is 18.4 Å². The Hall–Kier alpha value is -1.06. The highest BCUT2D eigenvalue weighted by Gasteiger charge is 2.31. The van der Waals surface area contributed by atoms with Crippen LogP contribution in [0.3, 0.4) is 0 Å². The monoisotopic (exact) mass is 220 g/mol. The zero-order valence-corrected chi connectivity index (χ0v) is 10.0. The number of aliphatic hydroxyl groups is 1. The molecule has 0 bridgehead atoms. The Labute approximate surface area is 97.1 Å². The summed E-state index contributed by atoms with van der Waals surface area (Å²) in [4.78, 5) is 2.06. The Bertz CT molecular complexity index is 357. The van der Waals surface area contributed by atoms with Gasteiger partial charge < -0.3 is 15.3 Å². The summed E-state index contributed by atoms with van der Waals surface area (Å²) in [5, 5.41) is 13.9. The molecule has 2 N–H and O–H groups in total. The second-order valence-electron chi connectivity index (χ2n) is 4.73. The van der Waals surface area contributed by atoms with Gasteiger partial charge in [0, 0.05) is 19.8 Å². The van der Waals surface area contributed by atoms with Gasteiger partial charge in [-0.3, -0.25) is 0 Å². The van der Waals surface area contributed by atoms with Gasteiger partial charge in [-0.1, -0.05) is 12.1 Å². The van der Waals surface area contributed by atoms with Gasteiger partial charge in [-0.25, -0.2) is 0 Å². The molecule has 0 aliphatic carbocycles. The third-order valence-corrected chi connectivity index (χ3v) is 3.33. The number of hydrogen-bond acceptors (Lipinski definition) is 3. The van der Waals surface area contributed by atoms with Gasteiger partial charge in [0.05, 0.1) is 5.60 Å². The Morgan fingerprint density at radius 2 is 1.94 bits per heavy atom. The predicted octanol–water partition coefficient (Wildman–Crippen LogP) is 1.32. The molecule has 0 aromatic heterocycles. The quantitative estimate of drug-likeness (QED) is 0.789. The highest BCUT2D eigenvalue weighted by Crippen LogP contribution is 2.32. The Morgan fingerprint density at radius 1 is 1.25 bits per heavy atom. The predicted molar refractivity (Wildman–Crippen MR) is 66.8 cm³/mol. The first-order valence-corrected chi connectivity index (χ1v) is 5.83. The zero-order valence-electron chi connectivity index (χ0n) is 10.0. The first kappa shape index (κ1) is 11.4. The lowest BCUT2D eigenvalue weighted by Gasteiger charge is -2.33. The third-order valence-electron chi connectivity index (χ3n) is 3.33. The number of anilines is 1. The van der Waals surface area contributed by atoms with Gasteiger partial charge >= 0.3 is 0 Å². The molecule has 3 nitrogen and oxygen atoms in total. The maximum absolute atomic E-state index is 10.6. The lowest BCUT2D eigenvalue weighted by molar-refractivity contribution is 0.00598. The number of rotatable bonds is 2. The molecule has 0 saturated carbocycles. The zero-order chi connectivity index (χ0) is 11.6. The molecular weight excluding hydrogens is 200 g/mol. The molecular formula is C13H20N2O. The first-order valence-electron chi connectivity index (χ1n) is 5.83. The van der Waals surface area contributed by atoms with Crippen molar-refractivity contribution in [2.75, 3.05) is 32.1 Å². The van der Waals surface area contributed by atoms with Crippen LogP contribution in [0.1, 0.15) is 18.4 Å². The van der Waals surface area contributed by atoms with Gasteiger partial charge in [-0.2, -0.15) is 0 Å². The van der Waals surface area contributed by atoms with Gasteiger partial charge in [-0.05, 0) is 43.6 Å². The molecule has 1 saturated heterocycles. The van der Waals surface area contributed by atoms with E-state index in [0.29, 0.717) is 0 Å². The van der Waals surface area contributed by atoms with Gasteiger partial charge in [0.25, 0.3) is 0 Å². The second kappa shape index (κ2) is 4.44. The van der Waals surface area contributed by atoms with E-state index in [4.69, 9.17) is 0 Å². The van der Waals surface area contributed by atoms with Crippen LogP contribution in [0.4, 0.5) is 5.69 Å². The van der Waals surface area contributed by atoms with Crippen LogP contribution in [0.25, 0.3) is 0 Å². The fourth-order valence-corrected chi connectivity index (χ4v) is 2.20. The molecule has 0 radical (unpaired) electrons. The van der Waals surface area contributed by atoms with E-state index in [2.05, 4.69) is 22.3 Å². The van der Waals surface area contributed by atoms with Crippen LogP contribution < -0.4 is 10.2 Å². The molecule has 0 amide bonds. The maximum Gasteiger partial charge on any atom is 0.0921 e. The molecule has 0 atom stereocenters. The fourth-order valence-electron chi connectivity index (χ4n) is 2.20. The van der Waals surface area contributed by atoms with Crippen molar-refractivity contribution < 1.29 is 5.11 Å². The van der Waals surface area contributed by atoms with Crippen LogP contribution in [0.2, 0.25) is 0 Å². The molecule has 1 fully saturated rings. The van der Waals surface area contributed by atoms with Crippen molar-refractivity contribution in [3.63, 3.8) is 0 Å². The standard InChI is InChI=1S/C13H20N2O/c1-15(2)12-5-3-4-11(10-12)13(16)6-8-14-9-7-13/h3-5,10,14,16H,6-9H2,1-2H3. The van der Waals surface area contributed by atoms with E-state index in [9.17, 15) is 5.11 Å². The van der Waals surface area contributed by atoms with Gasteiger partial charge in [0.2, 0.25) is 0 Å². The van der Waals surface area contributed by atoms with E-state index in [1.807, 2.05) is 26.2 Å². The number of hydrogen-bond donors (Lipinski definition) is 2. The Balaban J connectivity index is 2.28. The van der Waals surface area contributed by atoms with Crippen molar-refractivity contribution in [3.8, 4) is 0 Å². The maximum atomic E-state index is 10.6. The summed E-state index contributed by atoms with van der Waals surface area (Å²) in [7, 11) is 4.04. The number of piperidine rings is 1. The summed E-state index contributed by atoms with van der Waals surface area (Å²) < 4.78 is 0. The van der Waals surface area contributed by atoms with E-state index >= 15 is 0 Å². The minimum absolute atomic E-state index is 0.642. The summed E-state index contributed by atoms with van der Waals surface area (Å²) in [6, 6.07) is 8.20. The van der Waals surface area contributed by atoms with Gasteiger partial charge in [-0.15, -0.1) is 0 Å². The van der Waals surface area contributed by atoms with Gasteiger partial charge in [0.1, 0.15) is 0 Å². The Kier molecular flexibility index (Phi) is 3.17. The molecule has 0 unspecified atom stereocenters. The van der Waals surface area contributed by atoms with Crippen molar-refractivity contribution >= 4 is 5.69 Å². The fraction of sp³-hybridized carbons (Fsp3) is 0.538. The third kappa shape index (κ3) is 2.20. The number of benzene rings is 1. The highest BCUT2D eigenvalue weighted by atomic mass is 16.3. The Morgan fingerprint density at radius 3 is 2.56 bits per heavy atom. The number of nitrogens with one attached hydrogen (secondary N) is 1. The SMILES string of the molecule is CN(C)c1cccc(C2(O)CCNCC2)c1. The van der Waals surface area contributed by atoms with E-state index in [0.717, 1.165) is 37.2 Å². The van der Waals surface area contributed by atoms with Crippen LogP contribution in [0.15, 0.2) is 24.3 Å². The molecule has 1 aromatic rings. The van der Waals surface area contributed by atoms with Gasteiger partial charge in [0.15, 0.2) is 0 Å². The first-order chi connectivity index (χ1) is 7.62. The van der Waals surface area contributed by atoms with Crippen molar-refractivity contribution in [1.82, 2.24) is 5.32 Å². The summed E-state index contributed by atoms with van der Waals surface area (Å²) in [5.41, 5.74) is 1.54. The lowest BCUT2D eigenvalue weighted by atomic mass is 9.85. The summed E-state index contributed by atoms with van der Waals surface area (Å²) in [5.74, 6) is 0. The smallest absolute Gasteiger partial charge is 0.0921 e. The summed E-state index contributed by atoms with van der Waals surface area (Å²) in [6.07, 6.45) is 1.59. The minimum Gasteiger partial charge on any atom is -0.385 e. The summed E-state index contributed by atoms with van der Waals surface area (Å²) >= 11 is 0. The number of nitrogens with zero attached hydrogens (tertiary/aromatic N) is 1. The molecule has 1 aliphatic heterocycles. The lowest BCUT2D eigenvalue weighted by Crippen LogP contribution is -2.39. The van der Waals surface area contributed by atoms with E-state index in [-0.39, 0.29) is 0 Å². The topological polar surface area (TPSA) is 35.5 Å². The molecule has 16 heavy (non-hydrogen) atoms. The van der Waals surface area contributed by atoms with E-state index < -0.39 is 5.60 Å². The molecule has 3 heteroatoms. The van der Waals surface area contributed by atoms with Crippen molar-refractivity contribution in [2.24, 2.45) is 0 Å². The second-order valence-corrected chi connectivity index (χ2v) is 4.73. The molecule has 2 rings (SSSR count). The van der Waals surface area contributed by atoms with Crippen LogP contribution >= 0.6 is 0 Å². The average Bonchev–Trinajstić information content (AvgIpc) is 2.30. The van der Waals surface area contributed by atoms with Crippen molar-refractivity contribution in [3.05, 3.63) is 29.8 Å². The van der Waals surface area contributed by atoms with Crippen LogP contribution in [0, 0.1) is 0 Å². The largest absolute Gasteiger partial charge is 0.385 e. The van der Waals surface area contributed by atoms with Crippen LogP contribution in [-0.2, 0) is 5.60 Å². The van der Waals surface area contributed by atoms with Crippen LogP contribution in [0.5, 0.6) is 0 Å². The molecule has 1 aromatic carbocycles. The van der Waals surface area contributed by atoms with E-state index in [1.54, 1.807) is 0 Å². The molecule has 88 valence electrons. The molecule has 1 heterocycles. The van der Waals surface area contributed by atoms with Crippen LogP contribution in [-0.4, -0.2) is 32.3 Å². The minimum atomic E-state index is -0.642. The summed E-state index contributed by atoms with van der Waals surface area (Å²) in [6.45, 7) is 1.78.